The fourth-order valence-electron chi connectivity index (χ4n) is 2.68. The number of nitrogens with zero attached hydrogens (tertiary/aromatic N) is 3. The molecule has 0 amide bonds. The minimum absolute atomic E-state index is 0.621. The molecule has 0 spiro atoms. The van der Waals surface area contributed by atoms with Crippen LogP contribution >= 0.6 is 0 Å². The van der Waals surface area contributed by atoms with Crippen LogP contribution in [0.3, 0.4) is 0 Å². The van der Waals surface area contributed by atoms with Crippen molar-refractivity contribution in [1.82, 2.24) is 9.55 Å². The first-order chi connectivity index (χ1) is 11.3. The number of rotatable bonds is 2. The standard InChI is InChI=1S/C19H13N3O/c1-20-14-9-7-13(8-10-14)17-11-12-18(23-17)19-21-15-5-3-4-6-16(15)22(19)2/h3-12H,2H3. The Bertz CT molecular complexity index is 1030. The van der Waals surface area contributed by atoms with Gasteiger partial charge in [-0.25, -0.2) is 9.83 Å². The molecule has 4 rings (SSSR count). The van der Waals surface area contributed by atoms with Gasteiger partial charge in [-0.05, 0) is 24.3 Å². The number of aryl methyl sites for hydroxylation is 1. The molecule has 4 nitrogen and oxygen atoms in total. The van der Waals surface area contributed by atoms with Gasteiger partial charge in [0.15, 0.2) is 17.3 Å². The minimum atomic E-state index is 0.621. The number of para-hydroxylation sites is 2. The van der Waals surface area contributed by atoms with Gasteiger partial charge in [-0.3, -0.25) is 0 Å². The van der Waals surface area contributed by atoms with E-state index in [9.17, 15) is 0 Å². The van der Waals surface area contributed by atoms with Crippen LogP contribution in [0.1, 0.15) is 0 Å². The molecule has 2 aromatic heterocycles. The van der Waals surface area contributed by atoms with Crippen molar-refractivity contribution in [2.75, 3.05) is 0 Å². The highest BCUT2D eigenvalue weighted by atomic mass is 16.3. The van der Waals surface area contributed by atoms with Crippen molar-refractivity contribution in [3.8, 4) is 22.9 Å². The average molecular weight is 299 g/mol. The van der Waals surface area contributed by atoms with E-state index in [1.807, 2.05) is 60.1 Å². The van der Waals surface area contributed by atoms with Crippen molar-refractivity contribution >= 4 is 16.7 Å². The first kappa shape index (κ1) is 13.4. The van der Waals surface area contributed by atoms with Crippen molar-refractivity contribution in [3.05, 3.63) is 72.1 Å². The van der Waals surface area contributed by atoms with Gasteiger partial charge in [0.25, 0.3) is 0 Å². The molecular formula is C19H13N3O. The molecule has 23 heavy (non-hydrogen) atoms. The van der Waals surface area contributed by atoms with Gasteiger partial charge >= 0.3 is 0 Å². The summed E-state index contributed by atoms with van der Waals surface area (Å²) in [5, 5.41) is 0. The summed E-state index contributed by atoms with van der Waals surface area (Å²) in [7, 11) is 1.98. The van der Waals surface area contributed by atoms with E-state index in [1.165, 1.54) is 0 Å². The van der Waals surface area contributed by atoms with E-state index in [4.69, 9.17) is 11.0 Å². The van der Waals surface area contributed by atoms with Crippen molar-refractivity contribution in [1.29, 1.82) is 0 Å². The summed E-state index contributed by atoms with van der Waals surface area (Å²) in [5.74, 6) is 2.30. The summed E-state index contributed by atoms with van der Waals surface area (Å²) < 4.78 is 8.01. The lowest BCUT2D eigenvalue weighted by Crippen LogP contribution is -1.90. The van der Waals surface area contributed by atoms with Crippen molar-refractivity contribution < 1.29 is 4.42 Å². The molecule has 0 bridgehead atoms. The van der Waals surface area contributed by atoms with E-state index in [0.29, 0.717) is 5.69 Å². The van der Waals surface area contributed by atoms with E-state index >= 15 is 0 Å². The van der Waals surface area contributed by atoms with Crippen molar-refractivity contribution in [2.45, 2.75) is 0 Å². The summed E-state index contributed by atoms with van der Waals surface area (Å²) in [6, 6.07) is 19.2. The van der Waals surface area contributed by atoms with Crippen LogP contribution < -0.4 is 0 Å². The Hall–Kier alpha value is -3.32. The molecule has 2 heterocycles. The molecule has 4 aromatic rings. The fourth-order valence-corrected chi connectivity index (χ4v) is 2.68. The normalized spacial score (nSPS) is 10.8. The lowest BCUT2D eigenvalue weighted by atomic mass is 10.1. The molecule has 0 aliphatic heterocycles. The maximum atomic E-state index is 7.00. The molecule has 0 unspecified atom stereocenters. The van der Waals surface area contributed by atoms with Gasteiger partial charge in [0, 0.05) is 12.6 Å². The number of aromatic nitrogens is 2. The third-order valence-corrected chi connectivity index (χ3v) is 3.89. The minimum Gasteiger partial charge on any atom is -0.453 e. The van der Waals surface area contributed by atoms with E-state index in [2.05, 4.69) is 9.83 Å². The van der Waals surface area contributed by atoms with Crippen molar-refractivity contribution in [3.63, 3.8) is 0 Å². The topological polar surface area (TPSA) is 35.3 Å². The number of hydrogen-bond acceptors (Lipinski definition) is 2. The predicted octanol–water partition coefficient (Wildman–Crippen LogP) is 5.05. The highest BCUT2D eigenvalue weighted by molar-refractivity contribution is 5.80. The number of fused-ring (bicyclic) bond motifs is 1. The van der Waals surface area contributed by atoms with Crippen LogP contribution in [-0.4, -0.2) is 9.55 Å². The Kier molecular flexibility index (Phi) is 2.99. The van der Waals surface area contributed by atoms with Gasteiger partial charge in [-0.15, -0.1) is 0 Å². The summed E-state index contributed by atoms with van der Waals surface area (Å²) >= 11 is 0. The molecule has 0 aliphatic carbocycles. The lowest BCUT2D eigenvalue weighted by molar-refractivity contribution is 0.589. The number of hydrogen-bond donors (Lipinski definition) is 0. The molecule has 2 aromatic carbocycles. The van der Waals surface area contributed by atoms with Crippen LogP contribution in [0.2, 0.25) is 0 Å². The molecule has 4 heteroatoms. The summed E-state index contributed by atoms with van der Waals surface area (Å²) in [4.78, 5) is 8.05. The molecule has 0 radical (unpaired) electrons. The highest BCUT2D eigenvalue weighted by Crippen LogP contribution is 2.30. The summed E-state index contributed by atoms with van der Waals surface area (Å²) in [6.45, 7) is 7.00. The molecule has 0 saturated carbocycles. The van der Waals surface area contributed by atoms with E-state index in [0.717, 1.165) is 33.9 Å². The molecule has 0 fully saturated rings. The Balaban J connectivity index is 1.77. The molecule has 0 aliphatic rings. The third kappa shape index (κ3) is 2.19. The van der Waals surface area contributed by atoms with Gasteiger partial charge in [-0.1, -0.05) is 36.4 Å². The Morgan fingerprint density at radius 3 is 2.43 bits per heavy atom. The molecule has 0 N–H and O–H groups in total. The van der Waals surface area contributed by atoms with E-state index in [-0.39, 0.29) is 0 Å². The molecule has 110 valence electrons. The Morgan fingerprint density at radius 1 is 0.957 bits per heavy atom. The maximum Gasteiger partial charge on any atom is 0.187 e. The SMILES string of the molecule is [C-]#[N+]c1ccc(-c2ccc(-c3nc4ccccc4n3C)o2)cc1. The number of imidazole rings is 1. The zero-order valence-electron chi connectivity index (χ0n) is 12.5. The van der Waals surface area contributed by atoms with Gasteiger partial charge < -0.3 is 8.98 Å². The second-order valence-electron chi connectivity index (χ2n) is 5.31. The van der Waals surface area contributed by atoms with Gasteiger partial charge in [0.2, 0.25) is 0 Å². The second kappa shape index (κ2) is 5.15. The number of benzene rings is 2. The predicted molar refractivity (Wildman–Crippen MR) is 90.1 cm³/mol. The Labute approximate surface area is 133 Å². The average Bonchev–Trinajstić information content (AvgIpc) is 3.20. The molecule has 0 saturated heterocycles. The maximum absolute atomic E-state index is 7.00. The van der Waals surface area contributed by atoms with Gasteiger partial charge in [0.05, 0.1) is 17.6 Å². The zero-order chi connectivity index (χ0) is 15.8. The number of furan rings is 1. The third-order valence-electron chi connectivity index (χ3n) is 3.89. The highest BCUT2D eigenvalue weighted by Gasteiger charge is 2.13. The van der Waals surface area contributed by atoms with E-state index < -0.39 is 0 Å². The first-order valence-corrected chi connectivity index (χ1v) is 7.26. The van der Waals surface area contributed by atoms with Crippen LogP contribution in [0.15, 0.2) is 65.1 Å². The molecular weight excluding hydrogens is 286 g/mol. The van der Waals surface area contributed by atoms with Crippen molar-refractivity contribution in [2.24, 2.45) is 7.05 Å². The Morgan fingerprint density at radius 2 is 1.70 bits per heavy atom. The van der Waals surface area contributed by atoms with Gasteiger partial charge in [0.1, 0.15) is 5.76 Å². The van der Waals surface area contributed by atoms with Gasteiger partial charge in [-0.2, -0.15) is 0 Å². The van der Waals surface area contributed by atoms with Crippen LogP contribution in [0, 0.1) is 6.57 Å². The largest absolute Gasteiger partial charge is 0.453 e. The fraction of sp³-hybridized carbons (Fsp3) is 0.0526. The first-order valence-electron chi connectivity index (χ1n) is 7.26. The van der Waals surface area contributed by atoms with Crippen LogP contribution in [0.5, 0.6) is 0 Å². The van der Waals surface area contributed by atoms with Crippen LogP contribution in [-0.2, 0) is 7.05 Å². The zero-order valence-corrected chi connectivity index (χ0v) is 12.5. The quantitative estimate of drug-likeness (QED) is 0.485. The monoisotopic (exact) mass is 299 g/mol. The summed E-state index contributed by atoms with van der Waals surface area (Å²) in [6.07, 6.45) is 0. The van der Waals surface area contributed by atoms with Crippen LogP contribution in [0.4, 0.5) is 5.69 Å². The van der Waals surface area contributed by atoms with Crippen LogP contribution in [0.25, 0.3) is 38.8 Å². The van der Waals surface area contributed by atoms with E-state index in [1.54, 1.807) is 12.1 Å². The second-order valence-corrected chi connectivity index (χ2v) is 5.31. The summed E-state index contributed by atoms with van der Waals surface area (Å²) in [5.41, 5.74) is 3.59. The molecule has 0 atom stereocenters. The smallest absolute Gasteiger partial charge is 0.187 e. The lowest BCUT2D eigenvalue weighted by Gasteiger charge is -2.00.